The van der Waals surface area contributed by atoms with E-state index in [1.165, 1.54) is 22.4 Å². The molecule has 0 amide bonds. The molecule has 0 aliphatic heterocycles. The predicted molar refractivity (Wildman–Crippen MR) is 90.7 cm³/mol. The molecule has 3 heteroatoms. The van der Waals surface area contributed by atoms with E-state index in [0.717, 1.165) is 12.0 Å². The SMILES string of the molecule is Fc1cc(C(Br)Cc2ccc3ccccc3c2)ccc1Cl. The molecule has 3 aromatic carbocycles. The Morgan fingerprint density at radius 1 is 0.952 bits per heavy atom. The monoisotopic (exact) mass is 362 g/mol. The van der Waals surface area contributed by atoms with Crippen LogP contribution in [0.1, 0.15) is 16.0 Å². The van der Waals surface area contributed by atoms with Crippen molar-refractivity contribution in [2.75, 3.05) is 0 Å². The van der Waals surface area contributed by atoms with Crippen LogP contribution in [0, 0.1) is 5.82 Å². The van der Waals surface area contributed by atoms with E-state index in [4.69, 9.17) is 11.6 Å². The summed E-state index contributed by atoms with van der Waals surface area (Å²) >= 11 is 9.36. The van der Waals surface area contributed by atoms with Crippen LogP contribution in [0.4, 0.5) is 4.39 Å². The Balaban J connectivity index is 1.85. The number of benzene rings is 3. The third-order valence-corrected chi connectivity index (χ3v) is 4.69. The summed E-state index contributed by atoms with van der Waals surface area (Å²) < 4.78 is 13.5. The van der Waals surface area contributed by atoms with Crippen LogP contribution in [-0.2, 0) is 6.42 Å². The van der Waals surface area contributed by atoms with Crippen LogP contribution in [0.25, 0.3) is 10.8 Å². The Hall–Kier alpha value is -1.38. The molecule has 0 nitrogen and oxygen atoms in total. The first-order valence-corrected chi connectivity index (χ1v) is 7.99. The highest BCUT2D eigenvalue weighted by molar-refractivity contribution is 9.09. The van der Waals surface area contributed by atoms with E-state index in [1.54, 1.807) is 6.07 Å². The van der Waals surface area contributed by atoms with Crippen molar-refractivity contribution in [3.63, 3.8) is 0 Å². The van der Waals surface area contributed by atoms with Gasteiger partial charge in [-0.05, 0) is 40.5 Å². The maximum absolute atomic E-state index is 13.5. The van der Waals surface area contributed by atoms with E-state index >= 15 is 0 Å². The van der Waals surface area contributed by atoms with Crippen molar-refractivity contribution < 1.29 is 4.39 Å². The van der Waals surface area contributed by atoms with Gasteiger partial charge in [0.05, 0.1) is 5.02 Å². The molecule has 21 heavy (non-hydrogen) atoms. The zero-order valence-electron chi connectivity index (χ0n) is 11.2. The summed E-state index contributed by atoms with van der Waals surface area (Å²) in [5.74, 6) is -0.378. The van der Waals surface area contributed by atoms with Gasteiger partial charge in [0.15, 0.2) is 0 Å². The highest BCUT2D eigenvalue weighted by Crippen LogP contribution is 2.30. The van der Waals surface area contributed by atoms with Gasteiger partial charge in [-0.1, -0.05) is 76.1 Å². The van der Waals surface area contributed by atoms with Gasteiger partial charge in [0.2, 0.25) is 0 Å². The second-order valence-electron chi connectivity index (χ2n) is 5.03. The van der Waals surface area contributed by atoms with Crippen LogP contribution in [0.2, 0.25) is 5.02 Å². The summed E-state index contributed by atoms with van der Waals surface area (Å²) in [4.78, 5) is 0.0606. The number of hydrogen-bond acceptors (Lipinski definition) is 0. The summed E-state index contributed by atoms with van der Waals surface area (Å²) in [6.45, 7) is 0. The maximum Gasteiger partial charge on any atom is 0.142 e. The Morgan fingerprint density at radius 3 is 2.48 bits per heavy atom. The molecule has 0 aliphatic carbocycles. The van der Waals surface area contributed by atoms with Gasteiger partial charge in [-0.2, -0.15) is 0 Å². The average Bonchev–Trinajstić information content (AvgIpc) is 2.50. The van der Waals surface area contributed by atoms with Crippen LogP contribution in [-0.4, -0.2) is 0 Å². The minimum atomic E-state index is -0.378. The molecule has 0 spiro atoms. The van der Waals surface area contributed by atoms with E-state index in [1.807, 2.05) is 18.2 Å². The topological polar surface area (TPSA) is 0 Å². The van der Waals surface area contributed by atoms with Crippen molar-refractivity contribution in [2.45, 2.75) is 11.2 Å². The largest absolute Gasteiger partial charge is 0.205 e. The Bertz CT molecular complexity index is 785. The second kappa shape index (κ2) is 6.17. The molecule has 0 N–H and O–H groups in total. The van der Waals surface area contributed by atoms with Crippen molar-refractivity contribution >= 4 is 38.3 Å². The van der Waals surface area contributed by atoms with Crippen LogP contribution in [0.15, 0.2) is 60.7 Å². The van der Waals surface area contributed by atoms with E-state index in [0.29, 0.717) is 0 Å². The minimum Gasteiger partial charge on any atom is -0.205 e. The lowest BCUT2D eigenvalue weighted by molar-refractivity contribution is 0.625. The summed E-state index contributed by atoms with van der Waals surface area (Å²) in [6, 6.07) is 19.6. The van der Waals surface area contributed by atoms with Crippen LogP contribution >= 0.6 is 27.5 Å². The van der Waals surface area contributed by atoms with Crippen LogP contribution in [0.3, 0.4) is 0 Å². The minimum absolute atomic E-state index is 0.0606. The van der Waals surface area contributed by atoms with Gasteiger partial charge in [-0.3, -0.25) is 0 Å². The van der Waals surface area contributed by atoms with Gasteiger partial charge in [0.25, 0.3) is 0 Å². The lowest BCUT2D eigenvalue weighted by Crippen LogP contribution is -1.96. The fourth-order valence-electron chi connectivity index (χ4n) is 2.40. The van der Waals surface area contributed by atoms with Crippen molar-refractivity contribution in [3.8, 4) is 0 Å². The zero-order valence-corrected chi connectivity index (χ0v) is 13.5. The fourth-order valence-corrected chi connectivity index (χ4v) is 3.17. The first-order chi connectivity index (χ1) is 10.1. The molecular formula is C18H13BrClF. The van der Waals surface area contributed by atoms with E-state index in [2.05, 4.69) is 46.3 Å². The highest BCUT2D eigenvalue weighted by Gasteiger charge is 2.11. The molecule has 106 valence electrons. The fraction of sp³-hybridized carbons (Fsp3) is 0.111. The molecule has 0 heterocycles. The Morgan fingerprint density at radius 2 is 1.71 bits per heavy atom. The van der Waals surface area contributed by atoms with Gasteiger partial charge < -0.3 is 0 Å². The third kappa shape index (κ3) is 3.28. The molecular weight excluding hydrogens is 351 g/mol. The van der Waals surface area contributed by atoms with E-state index < -0.39 is 0 Å². The zero-order chi connectivity index (χ0) is 14.8. The predicted octanol–water partition coefficient (Wildman–Crippen LogP) is 6.31. The molecule has 3 aromatic rings. The highest BCUT2D eigenvalue weighted by atomic mass is 79.9. The number of hydrogen-bond donors (Lipinski definition) is 0. The second-order valence-corrected chi connectivity index (χ2v) is 6.54. The average molecular weight is 364 g/mol. The molecule has 0 aromatic heterocycles. The van der Waals surface area contributed by atoms with E-state index in [-0.39, 0.29) is 15.7 Å². The standard InChI is InChI=1S/C18H13BrClF/c19-16(15-7-8-17(20)18(21)11-15)10-12-5-6-13-3-1-2-4-14(13)9-12/h1-9,11,16H,10H2. The van der Waals surface area contributed by atoms with Crippen molar-refractivity contribution in [2.24, 2.45) is 0 Å². The summed E-state index contributed by atoms with van der Waals surface area (Å²) in [7, 11) is 0. The summed E-state index contributed by atoms with van der Waals surface area (Å²) in [5.41, 5.74) is 2.11. The van der Waals surface area contributed by atoms with Gasteiger partial charge >= 0.3 is 0 Å². The molecule has 3 rings (SSSR count). The van der Waals surface area contributed by atoms with Crippen molar-refractivity contribution in [3.05, 3.63) is 82.6 Å². The van der Waals surface area contributed by atoms with Gasteiger partial charge in [-0.15, -0.1) is 0 Å². The van der Waals surface area contributed by atoms with Gasteiger partial charge in [0.1, 0.15) is 5.82 Å². The number of halogens is 3. The number of rotatable bonds is 3. The summed E-state index contributed by atoms with van der Waals surface area (Å²) in [6.07, 6.45) is 0.798. The molecule has 0 bridgehead atoms. The quantitative estimate of drug-likeness (QED) is 0.478. The molecule has 1 atom stereocenters. The maximum atomic E-state index is 13.5. The molecule has 0 saturated carbocycles. The van der Waals surface area contributed by atoms with Crippen molar-refractivity contribution in [1.29, 1.82) is 0 Å². The molecule has 1 unspecified atom stereocenters. The molecule has 0 saturated heterocycles. The number of alkyl halides is 1. The van der Waals surface area contributed by atoms with Gasteiger partial charge in [0, 0.05) is 4.83 Å². The Kier molecular flexibility index (Phi) is 4.27. The molecule has 0 radical (unpaired) electrons. The van der Waals surface area contributed by atoms with Crippen LogP contribution in [0.5, 0.6) is 0 Å². The molecule has 0 aliphatic rings. The third-order valence-electron chi connectivity index (χ3n) is 3.53. The summed E-state index contributed by atoms with van der Waals surface area (Å²) in [5, 5.41) is 2.60. The van der Waals surface area contributed by atoms with Crippen LogP contribution < -0.4 is 0 Å². The lowest BCUT2D eigenvalue weighted by Gasteiger charge is -2.11. The van der Waals surface area contributed by atoms with Crippen molar-refractivity contribution in [1.82, 2.24) is 0 Å². The Labute approximate surface area is 136 Å². The first kappa shape index (κ1) is 14.6. The normalized spacial score (nSPS) is 12.5. The lowest BCUT2D eigenvalue weighted by atomic mass is 10.0. The van der Waals surface area contributed by atoms with E-state index in [9.17, 15) is 4.39 Å². The smallest absolute Gasteiger partial charge is 0.142 e. The van der Waals surface area contributed by atoms with Gasteiger partial charge in [-0.25, -0.2) is 4.39 Å². The first-order valence-electron chi connectivity index (χ1n) is 6.70. The molecule has 0 fully saturated rings. The number of fused-ring (bicyclic) bond motifs is 1.